The van der Waals surface area contributed by atoms with Crippen LogP contribution in [0.3, 0.4) is 0 Å². The van der Waals surface area contributed by atoms with E-state index in [1.807, 2.05) is 18.2 Å². The van der Waals surface area contributed by atoms with Gasteiger partial charge in [0.05, 0.1) is 11.7 Å². The molecule has 1 saturated heterocycles. The number of thiophene rings is 1. The highest BCUT2D eigenvalue weighted by molar-refractivity contribution is 7.91. The number of aromatic nitrogens is 1. The molecule has 3 rings (SSSR count). The summed E-state index contributed by atoms with van der Waals surface area (Å²) in [6.45, 7) is 0.571. The topological polar surface area (TPSA) is 50.3 Å². The van der Waals surface area contributed by atoms with Gasteiger partial charge in [0, 0.05) is 12.7 Å². The van der Waals surface area contributed by atoms with Crippen LogP contribution in [0.5, 0.6) is 0 Å². The van der Waals surface area contributed by atoms with Crippen LogP contribution in [0, 0.1) is 0 Å². The van der Waals surface area contributed by atoms with Crippen molar-refractivity contribution in [3.8, 4) is 0 Å². The van der Waals surface area contributed by atoms with E-state index in [9.17, 15) is 8.42 Å². The van der Waals surface area contributed by atoms with Crippen molar-refractivity contribution in [2.24, 2.45) is 0 Å². The Morgan fingerprint density at radius 2 is 2.16 bits per heavy atom. The van der Waals surface area contributed by atoms with Crippen LogP contribution in [-0.4, -0.2) is 24.3 Å². The Hall–Kier alpha value is -1.24. The lowest BCUT2D eigenvalue weighted by molar-refractivity contribution is 0.391. The van der Waals surface area contributed by atoms with Crippen molar-refractivity contribution in [2.45, 2.75) is 23.1 Å². The summed E-state index contributed by atoms with van der Waals surface area (Å²) in [6.07, 6.45) is 3.43. The molecule has 2 aromatic heterocycles. The number of pyridine rings is 1. The van der Waals surface area contributed by atoms with Gasteiger partial charge in [-0.05, 0) is 36.4 Å². The number of sulfonamides is 1. The van der Waals surface area contributed by atoms with Gasteiger partial charge >= 0.3 is 0 Å². The van der Waals surface area contributed by atoms with Gasteiger partial charge in [0.2, 0.25) is 0 Å². The molecule has 3 heterocycles. The highest BCUT2D eigenvalue weighted by Crippen LogP contribution is 2.36. The number of hydrogen-bond acceptors (Lipinski definition) is 4. The molecule has 0 N–H and O–H groups in total. The maximum Gasteiger partial charge on any atom is 0.253 e. The first-order valence-electron chi connectivity index (χ1n) is 6.16. The van der Waals surface area contributed by atoms with Gasteiger partial charge in [0.25, 0.3) is 10.0 Å². The average Bonchev–Trinajstić information content (AvgIpc) is 3.11. The van der Waals surface area contributed by atoms with Crippen LogP contribution in [0.15, 0.2) is 46.1 Å². The molecule has 0 spiro atoms. The van der Waals surface area contributed by atoms with Crippen molar-refractivity contribution in [3.05, 3.63) is 47.6 Å². The third kappa shape index (κ3) is 2.31. The van der Waals surface area contributed by atoms with E-state index in [1.54, 1.807) is 28.0 Å². The van der Waals surface area contributed by atoms with Crippen LogP contribution >= 0.6 is 11.3 Å². The molecule has 0 radical (unpaired) electrons. The highest BCUT2D eigenvalue weighted by Gasteiger charge is 2.37. The van der Waals surface area contributed by atoms with Gasteiger partial charge in [-0.1, -0.05) is 12.1 Å². The summed E-state index contributed by atoms with van der Waals surface area (Å²) in [6, 6.07) is 8.94. The molecule has 0 bridgehead atoms. The third-order valence-electron chi connectivity index (χ3n) is 3.29. The highest BCUT2D eigenvalue weighted by atomic mass is 32.2. The van der Waals surface area contributed by atoms with E-state index in [1.165, 1.54) is 11.3 Å². The van der Waals surface area contributed by atoms with Crippen molar-refractivity contribution in [1.29, 1.82) is 0 Å². The van der Waals surface area contributed by atoms with Crippen molar-refractivity contribution in [3.63, 3.8) is 0 Å². The van der Waals surface area contributed by atoms with E-state index < -0.39 is 10.0 Å². The summed E-state index contributed by atoms with van der Waals surface area (Å²) in [5.74, 6) is 0. The number of rotatable bonds is 3. The predicted molar refractivity (Wildman–Crippen MR) is 74.4 cm³/mol. The lowest BCUT2D eigenvalue weighted by Crippen LogP contribution is -2.30. The summed E-state index contributed by atoms with van der Waals surface area (Å²) in [5, 5.41) is 1.79. The molecule has 1 aliphatic heterocycles. The second-order valence-corrected chi connectivity index (χ2v) is 7.53. The van der Waals surface area contributed by atoms with E-state index in [-0.39, 0.29) is 6.04 Å². The van der Waals surface area contributed by atoms with Crippen molar-refractivity contribution < 1.29 is 8.42 Å². The summed E-state index contributed by atoms with van der Waals surface area (Å²) in [4.78, 5) is 4.30. The minimum absolute atomic E-state index is 0.131. The number of nitrogens with zero attached hydrogens (tertiary/aromatic N) is 2. The van der Waals surface area contributed by atoms with E-state index in [2.05, 4.69) is 4.98 Å². The molecule has 0 aliphatic carbocycles. The zero-order valence-corrected chi connectivity index (χ0v) is 11.9. The Morgan fingerprint density at radius 1 is 1.26 bits per heavy atom. The van der Waals surface area contributed by atoms with E-state index in [4.69, 9.17) is 0 Å². The second kappa shape index (κ2) is 5.03. The number of hydrogen-bond donors (Lipinski definition) is 0. The first-order chi connectivity index (χ1) is 9.19. The fourth-order valence-electron chi connectivity index (χ4n) is 2.42. The summed E-state index contributed by atoms with van der Waals surface area (Å²) in [5.41, 5.74) is 0.833. The standard InChI is InChI=1S/C13H14N2O2S2/c16-19(17,13-7-4-10-18-13)15-9-3-6-12(15)11-5-1-2-8-14-11/h1-2,4-5,7-8,10,12H,3,6,9H2/t12-/m0/s1. The van der Waals surface area contributed by atoms with Gasteiger partial charge < -0.3 is 0 Å². The van der Waals surface area contributed by atoms with Crippen LogP contribution in [0.4, 0.5) is 0 Å². The lowest BCUT2D eigenvalue weighted by Gasteiger charge is -2.22. The van der Waals surface area contributed by atoms with Crippen molar-refractivity contribution >= 4 is 21.4 Å². The molecule has 100 valence electrons. The molecule has 19 heavy (non-hydrogen) atoms. The van der Waals surface area contributed by atoms with Gasteiger partial charge in [-0.3, -0.25) is 4.98 Å². The zero-order chi connectivity index (χ0) is 13.3. The molecule has 0 amide bonds. The summed E-state index contributed by atoms with van der Waals surface area (Å²) >= 11 is 1.26. The fraction of sp³-hybridized carbons (Fsp3) is 0.308. The molecule has 1 aliphatic rings. The van der Waals surface area contributed by atoms with Crippen LogP contribution in [-0.2, 0) is 10.0 Å². The Balaban J connectivity index is 1.97. The van der Waals surface area contributed by atoms with Crippen LogP contribution in [0.1, 0.15) is 24.6 Å². The van der Waals surface area contributed by atoms with E-state index >= 15 is 0 Å². The zero-order valence-electron chi connectivity index (χ0n) is 10.3. The predicted octanol–water partition coefficient (Wildman–Crippen LogP) is 2.67. The molecule has 2 aromatic rings. The quantitative estimate of drug-likeness (QED) is 0.874. The van der Waals surface area contributed by atoms with E-state index in [0.29, 0.717) is 10.8 Å². The molecular weight excluding hydrogens is 280 g/mol. The minimum atomic E-state index is -3.38. The second-order valence-electron chi connectivity index (χ2n) is 4.46. The molecule has 1 atom stereocenters. The largest absolute Gasteiger partial charge is 0.260 e. The van der Waals surface area contributed by atoms with Gasteiger partial charge in [0.15, 0.2) is 0 Å². The minimum Gasteiger partial charge on any atom is -0.260 e. The summed E-state index contributed by atoms with van der Waals surface area (Å²) < 4.78 is 27.2. The average molecular weight is 294 g/mol. The van der Waals surface area contributed by atoms with Gasteiger partial charge in [-0.25, -0.2) is 8.42 Å². The molecule has 0 unspecified atom stereocenters. The van der Waals surface area contributed by atoms with Gasteiger partial charge in [0.1, 0.15) is 4.21 Å². The SMILES string of the molecule is O=S(=O)(c1cccs1)N1CCC[C@H]1c1ccccn1. The molecule has 1 fully saturated rings. The van der Waals surface area contributed by atoms with Gasteiger partial charge in [-0.2, -0.15) is 4.31 Å². The normalized spacial score (nSPS) is 20.7. The maximum atomic E-state index is 12.6. The maximum absolute atomic E-state index is 12.6. The van der Waals surface area contributed by atoms with Crippen LogP contribution in [0.2, 0.25) is 0 Å². The Kier molecular flexibility index (Phi) is 3.38. The monoisotopic (exact) mass is 294 g/mol. The summed E-state index contributed by atoms with van der Waals surface area (Å²) in [7, 11) is -3.38. The smallest absolute Gasteiger partial charge is 0.253 e. The third-order valence-corrected chi connectivity index (χ3v) is 6.57. The first-order valence-corrected chi connectivity index (χ1v) is 8.48. The Bertz CT molecular complexity index is 639. The van der Waals surface area contributed by atoms with Crippen LogP contribution < -0.4 is 0 Å². The lowest BCUT2D eigenvalue weighted by atomic mass is 10.1. The molecule has 0 aromatic carbocycles. The van der Waals surface area contributed by atoms with Crippen molar-refractivity contribution in [1.82, 2.24) is 9.29 Å². The Morgan fingerprint density at radius 3 is 2.84 bits per heavy atom. The fourth-order valence-corrected chi connectivity index (χ4v) is 5.21. The molecule has 4 nitrogen and oxygen atoms in total. The first kappa shape index (κ1) is 12.8. The Labute approximate surface area is 116 Å². The van der Waals surface area contributed by atoms with Crippen molar-refractivity contribution in [2.75, 3.05) is 6.54 Å². The van der Waals surface area contributed by atoms with Crippen LogP contribution in [0.25, 0.3) is 0 Å². The molecular formula is C13H14N2O2S2. The van der Waals surface area contributed by atoms with Gasteiger partial charge in [-0.15, -0.1) is 11.3 Å². The molecule has 6 heteroatoms. The van der Waals surface area contributed by atoms with E-state index in [0.717, 1.165) is 18.5 Å². The molecule has 0 saturated carbocycles.